The van der Waals surface area contributed by atoms with Crippen molar-refractivity contribution in [2.24, 2.45) is 0 Å². The number of anilines is 2. The van der Waals surface area contributed by atoms with E-state index in [9.17, 15) is 5.11 Å². The molecular formula is C17H19N5O3. The van der Waals surface area contributed by atoms with E-state index in [0.717, 1.165) is 37.2 Å². The van der Waals surface area contributed by atoms with E-state index in [1.165, 1.54) is 13.4 Å². The van der Waals surface area contributed by atoms with E-state index in [4.69, 9.17) is 9.47 Å². The molecule has 0 amide bonds. The lowest BCUT2D eigenvalue weighted by atomic mass is 10.2. The fourth-order valence-corrected chi connectivity index (χ4v) is 2.99. The van der Waals surface area contributed by atoms with Crippen molar-refractivity contribution in [1.82, 2.24) is 19.5 Å². The van der Waals surface area contributed by atoms with Crippen LogP contribution < -0.4 is 10.1 Å². The Morgan fingerprint density at radius 1 is 1.28 bits per heavy atom. The van der Waals surface area contributed by atoms with E-state index in [1.807, 2.05) is 4.57 Å². The van der Waals surface area contributed by atoms with E-state index in [-0.39, 0.29) is 12.0 Å². The number of nitrogens with one attached hydrogen (secondary N) is 1. The SMILES string of the molecule is COc1cc(Nc2ncnc3c2ncn3C2CCCCO2)ccc1O. The van der Waals surface area contributed by atoms with Crippen LogP contribution in [0.1, 0.15) is 25.5 Å². The zero-order valence-electron chi connectivity index (χ0n) is 13.8. The van der Waals surface area contributed by atoms with Crippen LogP contribution in [-0.2, 0) is 4.74 Å². The number of benzene rings is 1. The first-order valence-electron chi connectivity index (χ1n) is 8.19. The molecule has 0 bridgehead atoms. The molecule has 0 aliphatic carbocycles. The number of phenols is 1. The van der Waals surface area contributed by atoms with Gasteiger partial charge in [0.25, 0.3) is 0 Å². The van der Waals surface area contributed by atoms with Gasteiger partial charge in [0.1, 0.15) is 12.6 Å². The highest BCUT2D eigenvalue weighted by Gasteiger charge is 2.20. The van der Waals surface area contributed by atoms with Crippen molar-refractivity contribution in [2.45, 2.75) is 25.5 Å². The van der Waals surface area contributed by atoms with Crippen molar-refractivity contribution in [1.29, 1.82) is 0 Å². The number of aromatic nitrogens is 4. The Labute approximate surface area is 144 Å². The average Bonchev–Trinajstić information content (AvgIpc) is 3.09. The van der Waals surface area contributed by atoms with Crippen LogP contribution in [0.3, 0.4) is 0 Å². The molecule has 1 saturated heterocycles. The number of nitrogens with zero attached hydrogens (tertiary/aromatic N) is 4. The van der Waals surface area contributed by atoms with Crippen LogP contribution in [0.2, 0.25) is 0 Å². The summed E-state index contributed by atoms with van der Waals surface area (Å²) in [6, 6.07) is 5.01. The van der Waals surface area contributed by atoms with Crippen molar-refractivity contribution in [2.75, 3.05) is 19.0 Å². The van der Waals surface area contributed by atoms with Crippen LogP contribution in [0.5, 0.6) is 11.5 Å². The van der Waals surface area contributed by atoms with Gasteiger partial charge in [0.2, 0.25) is 0 Å². The molecule has 2 aromatic heterocycles. The van der Waals surface area contributed by atoms with E-state index >= 15 is 0 Å². The van der Waals surface area contributed by atoms with Crippen LogP contribution in [-0.4, -0.2) is 38.3 Å². The third-order valence-corrected chi connectivity index (χ3v) is 4.27. The van der Waals surface area contributed by atoms with Crippen molar-refractivity contribution < 1.29 is 14.6 Å². The molecular weight excluding hydrogens is 322 g/mol. The molecule has 0 spiro atoms. The molecule has 3 aromatic rings. The first-order valence-corrected chi connectivity index (χ1v) is 8.19. The Kier molecular flexibility index (Phi) is 4.10. The molecule has 8 nitrogen and oxygen atoms in total. The average molecular weight is 341 g/mol. The zero-order chi connectivity index (χ0) is 17.2. The lowest BCUT2D eigenvalue weighted by Gasteiger charge is -2.23. The van der Waals surface area contributed by atoms with Crippen molar-refractivity contribution in [3.8, 4) is 11.5 Å². The molecule has 8 heteroatoms. The second-order valence-corrected chi connectivity index (χ2v) is 5.88. The van der Waals surface area contributed by atoms with Crippen LogP contribution in [0.4, 0.5) is 11.5 Å². The van der Waals surface area contributed by atoms with Gasteiger partial charge in [0.05, 0.1) is 13.4 Å². The Bertz CT molecular complexity index is 889. The maximum absolute atomic E-state index is 9.71. The molecule has 0 radical (unpaired) electrons. The van der Waals surface area contributed by atoms with Gasteiger partial charge in [-0.1, -0.05) is 0 Å². The third-order valence-electron chi connectivity index (χ3n) is 4.27. The molecule has 1 unspecified atom stereocenters. The molecule has 1 aromatic carbocycles. The lowest BCUT2D eigenvalue weighted by Crippen LogP contribution is -2.17. The van der Waals surface area contributed by atoms with Crippen molar-refractivity contribution in [3.63, 3.8) is 0 Å². The number of imidazole rings is 1. The van der Waals surface area contributed by atoms with Gasteiger partial charge in [-0.15, -0.1) is 0 Å². The van der Waals surface area contributed by atoms with Gasteiger partial charge in [-0.25, -0.2) is 15.0 Å². The summed E-state index contributed by atoms with van der Waals surface area (Å²) in [4.78, 5) is 13.1. The molecule has 1 aliphatic heterocycles. The van der Waals surface area contributed by atoms with E-state index in [0.29, 0.717) is 17.1 Å². The fraction of sp³-hybridized carbons (Fsp3) is 0.353. The maximum atomic E-state index is 9.71. The summed E-state index contributed by atoms with van der Waals surface area (Å²) in [5, 5.41) is 12.9. The molecule has 25 heavy (non-hydrogen) atoms. The summed E-state index contributed by atoms with van der Waals surface area (Å²) < 4.78 is 12.9. The normalized spacial score (nSPS) is 17.6. The second-order valence-electron chi connectivity index (χ2n) is 5.88. The standard InChI is InChI=1S/C17H19N5O3/c1-24-13-8-11(5-6-12(13)23)21-16-15-17(19-9-18-16)22(10-20-15)14-4-2-3-7-25-14/h5-6,8-10,14,23H,2-4,7H2,1H3,(H,18,19,21). The third kappa shape index (κ3) is 2.96. The molecule has 1 atom stereocenters. The van der Waals surface area contributed by atoms with Gasteiger partial charge >= 0.3 is 0 Å². The predicted octanol–water partition coefficient (Wildman–Crippen LogP) is 2.98. The van der Waals surface area contributed by atoms with Crippen LogP contribution >= 0.6 is 0 Å². The summed E-state index contributed by atoms with van der Waals surface area (Å²) >= 11 is 0. The summed E-state index contributed by atoms with van der Waals surface area (Å²) in [7, 11) is 1.51. The summed E-state index contributed by atoms with van der Waals surface area (Å²) in [6.07, 6.45) is 6.39. The van der Waals surface area contributed by atoms with Gasteiger partial charge in [0.15, 0.2) is 28.5 Å². The molecule has 1 fully saturated rings. The summed E-state index contributed by atoms with van der Waals surface area (Å²) in [5.74, 6) is 1.06. The van der Waals surface area contributed by atoms with Crippen LogP contribution in [0, 0.1) is 0 Å². The quantitative estimate of drug-likeness (QED) is 0.704. The number of fused-ring (bicyclic) bond motifs is 1. The van der Waals surface area contributed by atoms with Gasteiger partial charge < -0.3 is 19.9 Å². The number of ether oxygens (including phenoxy) is 2. The molecule has 3 heterocycles. The van der Waals surface area contributed by atoms with Crippen molar-refractivity contribution >= 4 is 22.7 Å². The number of methoxy groups -OCH3 is 1. The van der Waals surface area contributed by atoms with Crippen LogP contribution in [0.15, 0.2) is 30.9 Å². The highest BCUT2D eigenvalue weighted by atomic mass is 16.5. The predicted molar refractivity (Wildman–Crippen MR) is 92.1 cm³/mol. The molecule has 4 rings (SSSR count). The minimum Gasteiger partial charge on any atom is -0.504 e. The molecule has 0 saturated carbocycles. The topological polar surface area (TPSA) is 94.3 Å². The number of phenolic OH excluding ortho intramolecular Hbond substituents is 1. The minimum absolute atomic E-state index is 0.0322. The molecule has 130 valence electrons. The van der Waals surface area contributed by atoms with Crippen molar-refractivity contribution in [3.05, 3.63) is 30.9 Å². The van der Waals surface area contributed by atoms with E-state index in [2.05, 4.69) is 20.3 Å². The minimum atomic E-state index is -0.0322. The monoisotopic (exact) mass is 341 g/mol. The lowest BCUT2D eigenvalue weighted by molar-refractivity contribution is -0.0298. The maximum Gasteiger partial charge on any atom is 0.167 e. The fourth-order valence-electron chi connectivity index (χ4n) is 2.99. The molecule has 2 N–H and O–H groups in total. The summed E-state index contributed by atoms with van der Waals surface area (Å²) in [5.41, 5.74) is 2.14. The Morgan fingerprint density at radius 3 is 3.00 bits per heavy atom. The number of rotatable bonds is 4. The summed E-state index contributed by atoms with van der Waals surface area (Å²) in [6.45, 7) is 0.758. The first kappa shape index (κ1) is 15.6. The Balaban J connectivity index is 1.67. The first-order chi connectivity index (χ1) is 12.3. The van der Waals surface area contributed by atoms with Gasteiger partial charge in [-0.05, 0) is 31.4 Å². The smallest absolute Gasteiger partial charge is 0.167 e. The largest absolute Gasteiger partial charge is 0.504 e. The zero-order valence-corrected chi connectivity index (χ0v) is 13.8. The Morgan fingerprint density at radius 2 is 2.20 bits per heavy atom. The second kappa shape index (κ2) is 6.56. The number of aromatic hydroxyl groups is 1. The van der Waals surface area contributed by atoms with Gasteiger partial charge in [-0.3, -0.25) is 4.57 Å². The van der Waals surface area contributed by atoms with E-state index < -0.39 is 0 Å². The highest BCUT2D eigenvalue weighted by molar-refractivity contribution is 5.85. The van der Waals surface area contributed by atoms with Gasteiger partial charge in [0, 0.05) is 18.4 Å². The van der Waals surface area contributed by atoms with Gasteiger partial charge in [-0.2, -0.15) is 0 Å². The van der Waals surface area contributed by atoms with E-state index in [1.54, 1.807) is 24.5 Å². The molecule has 1 aliphatic rings. The Hall–Kier alpha value is -2.87. The number of hydrogen-bond donors (Lipinski definition) is 2. The van der Waals surface area contributed by atoms with Crippen LogP contribution in [0.25, 0.3) is 11.2 Å². The highest BCUT2D eigenvalue weighted by Crippen LogP contribution is 2.32. The number of hydrogen-bond acceptors (Lipinski definition) is 7.